The van der Waals surface area contributed by atoms with Gasteiger partial charge in [0.25, 0.3) is 5.91 Å². The second-order valence-electron chi connectivity index (χ2n) is 6.45. The number of carbonyl (C=O) groups is 2. The Kier molecular flexibility index (Phi) is 6.01. The van der Waals surface area contributed by atoms with E-state index in [1.54, 1.807) is 0 Å². The molecular weight excluding hydrogens is 352 g/mol. The lowest BCUT2D eigenvalue weighted by Crippen LogP contribution is -2.33. The molecule has 2 N–H and O–H groups in total. The number of nitrogens with zero attached hydrogens (tertiary/aromatic N) is 1. The van der Waals surface area contributed by atoms with E-state index in [4.69, 9.17) is 0 Å². The van der Waals surface area contributed by atoms with Crippen molar-refractivity contribution in [1.29, 1.82) is 0 Å². The Balaban J connectivity index is 1.50. The summed E-state index contributed by atoms with van der Waals surface area (Å²) in [6.07, 6.45) is 3.64. The lowest BCUT2D eigenvalue weighted by molar-refractivity contribution is -0.115. The lowest BCUT2D eigenvalue weighted by atomic mass is 10.1. The number of carbonyl (C=O) groups excluding carboxylic acids is 2. The van der Waals surface area contributed by atoms with Crippen LogP contribution >= 0.6 is 0 Å². The van der Waals surface area contributed by atoms with Gasteiger partial charge in [-0.05, 0) is 55.7 Å². The number of anilines is 2. The van der Waals surface area contributed by atoms with Crippen molar-refractivity contribution in [2.75, 3.05) is 29.9 Å². The average Bonchev–Trinajstić information content (AvgIpc) is 2.67. The molecule has 1 fully saturated rings. The van der Waals surface area contributed by atoms with Gasteiger partial charge in [-0.3, -0.25) is 9.59 Å². The van der Waals surface area contributed by atoms with Gasteiger partial charge in [0.05, 0.1) is 12.1 Å². The van der Waals surface area contributed by atoms with Crippen molar-refractivity contribution < 1.29 is 18.4 Å². The number of hydrogen-bond acceptors (Lipinski definition) is 3. The Hall–Kier alpha value is -2.96. The van der Waals surface area contributed by atoms with Crippen LogP contribution in [0.1, 0.15) is 29.6 Å². The van der Waals surface area contributed by atoms with E-state index in [0.717, 1.165) is 30.9 Å². The maximum atomic E-state index is 13.6. The zero-order chi connectivity index (χ0) is 19.2. The molecule has 142 valence electrons. The van der Waals surface area contributed by atoms with Gasteiger partial charge in [-0.25, -0.2) is 8.78 Å². The second-order valence-corrected chi connectivity index (χ2v) is 6.45. The number of benzene rings is 2. The van der Waals surface area contributed by atoms with Gasteiger partial charge in [0.2, 0.25) is 5.91 Å². The maximum absolute atomic E-state index is 13.6. The van der Waals surface area contributed by atoms with Gasteiger partial charge in [0.15, 0.2) is 0 Å². The van der Waals surface area contributed by atoms with Crippen molar-refractivity contribution in [1.82, 2.24) is 5.32 Å². The summed E-state index contributed by atoms with van der Waals surface area (Å²) < 4.78 is 26.4. The highest BCUT2D eigenvalue weighted by Crippen LogP contribution is 2.21. The van der Waals surface area contributed by atoms with Crippen LogP contribution in [0.25, 0.3) is 0 Å². The molecule has 0 radical (unpaired) electrons. The van der Waals surface area contributed by atoms with Crippen molar-refractivity contribution in [3.8, 4) is 0 Å². The van der Waals surface area contributed by atoms with Gasteiger partial charge in [0, 0.05) is 30.5 Å². The summed E-state index contributed by atoms with van der Waals surface area (Å²) in [6, 6.07) is 10.2. The summed E-state index contributed by atoms with van der Waals surface area (Å²) in [5, 5.41) is 5.00. The van der Waals surface area contributed by atoms with Gasteiger partial charge in [-0.2, -0.15) is 0 Å². The smallest absolute Gasteiger partial charge is 0.254 e. The first kappa shape index (κ1) is 18.8. The van der Waals surface area contributed by atoms with Crippen LogP contribution in [0, 0.1) is 11.6 Å². The first-order chi connectivity index (χ1) is 13.0. The van der Waals surface area contributed by atoms with Crippen molar-refractivity contribution >= 4 is 23.2 Å². The molecule has 1 aliphatic heterocycles. The fraction of sp³-hybridized carbons (Fsp3) is 0.300. The number of hydrogen-bond donors (Lipinski definition) is 2. The van der Waals surface area contributed by atoms with E-state index in [9.17, 15) is 18.4 Å². The minimum Gasteiger partial charge on any atom is -0.372 e. The third kappa shape index (κ3) is 5.03. The van der Waals surface area contributed by atoms with Gasteiger partial charge < -0.3 is 15.5 Å². The summed E-state index contributed by atoms with van der Waals surface area (Å²) in [6.45, 7) is 1.76. The molecule has 1 saturated heterocycles. The van der Waals surface area contributed by atoms with Crippen LogP contribution in [-0.4, -0.2) is 31.4 Å². The van der Waals surface area contributed by atoms with Gasteiger partial charge in [-0.1, -0.05) is 0 Å². The van der Waals surface area contributed by atoms with Gasteiger partial charge >= 0.3 is 0 Å². The Morgan fingerprint density at radius 1 is 0.963 bits per heavy atom. The first-order valence-electron chi connectivity index (χ1n) is 8.91. The normalized spacial score (nSPS) is 13.9. The summed E-state index contributed by atoms with van der Waals surface area (Å²) in [4.78, 5) is 26.2. The van der Waals surface area contributed by atoms with Crippen molar-refractivity contribution in [2.24, 2.45) is 0 Å². The van der Waals surface area contributed by atoms with Crippen molar-refractivity contribution in [3.63, 3.8) is 0 Å². The molecule has 2 amide bonds. The third-order valence-electron chi connectivity index (χ3n) is 4.46. The van der Waals surface area contributed by atoms with E-state index >= 15 is 0 Å². The number of halogens is 2. The molecule has 1 heterocycles. The zero-order valence-corrected chi connectivity index (χ0v) is 14.8. The van der Waals surface area contributed by atoms with E-state index in [0.29, 0.717) is 11.8 Å². The SMILES string of the molecule is O=C(CNC(=O)c1ccc(F)cc1F)Nc1ccc(N2CCCCC2)cc1. The van der Waals surface area contributed by atoms with Crippen LogP contribution < -0.4 is 15.5 Å². The minimum atomic E-state index is -0.971. The van der Waals surface area contributed by atoms with Crippen molar-refractivity contribution in [3.05, 3.63) is 59.7 Å². The molecule has 0 unspecified atom stereocenters. The summed E-state index contributed by atoms with van der Waals surface area (Å²) in [5.74, 6) is -2.95. The molecule has 1 aliphatic rings. The number of piperidine rings is 1. The highest BCUT2D eigenvalue weighted by atomic mass is 19.1. The molecule has 3 rings (SSSR count). The molecule has 0 saturated carbocycles. The largest absolute Gasteiger partial charge is 0.372 e. The molecule has 2 aromatic carbocycles. The lowest BCUT2D eigenvalue weighted by Gasteiger charge is -2.28. The second kappa shape index (κ2) is 8.62. The minimum absolute atomic E-state index is 0.310. The fourth-order valence-corrected chi connectivity index (χ4v) is 3.04. The standard InChI is InChI=1S/C20H21F2N3O2/c21-14-4-9-17(18(22)12-14)20(27)23-13-19(26)24-15-5-7-16(8-6-15)25-10-2-1-3-11-25/h4-9,12H,1-3,10-11,13H2,(H,23,27)(H,24,26). The number of rotatable bonds is 5. The zero-order valence-electron chi connectivity index (χ0n) is 14.8. The maximum Gasteiger partial charge on any atom is 0.254 e. The quantitative estimate of drug-likeness (QED) is 0.845. The topological polar surface area (TPSA) is 61.4 Å². The Bertz CT molecular complexity index is 818. The molecule has 0 aliphatic carbocycles. The molecule has 27 heavy (non-hydrogen) atoms. The highest BCUT2D eigenvalue weighted by molar-refractivity contribution is 5.99. The van der Waals surface area contributed by atoms with Crippen LogP contribution in [0.2, 0.25) is 0 Å². The van der Waals surface area contributed by atoms with Crippen LogP contribution in [-0.2, 0) is 4.79 Å². The molecular formula is C20H21F2N3O2. The number of amides is 2. The molecule has 0 atom stereocenters. The Labute approximate surface area is 156 Å². The van der Waals surface area contributed by atoms with Gasteiger partial charge in [0.1, 0.15) is 11.6 Å². The van der Waals surface area contributed by atoms with Crippen LogP contribution in [0.15, 0.2) is 42.5 Å². The van der Waals surface area contributed by atoms with E-state index in [1.807, 2.05) is 24.3 Å². The summed E-state index contributed by atoms with van der Waals surface area (Å²) >= 11 is 0. The van der Waals surface area contributed by atoms with Crippen molar-refractivity contribution in [2.45, 2.75) is 19.3 Å². The number of nitrogens with one attached hydrogen (secondary N) is 2. The Morgan fingerprint density at radius 3 is 2.33 bits per heavy atom. The van der Waals surface area contributed by atoms with Crippen LogP contribution in [0.3, 0.4) is 0 Å². The monoisotopic (exact) mass is 373 g/mol. The predicted molar refractivity (Wildman–Crippen MR) is 99.8 cm³/mol. The molecule has 0 spiro atoms. The first-order valence-corrected chi connectivity index (χ1v) is 8.91. The fourth-order valence-electron chi connectivity index (χ4n) is 3.04. The molecule has 0 bridgehead atoms. The predicted octanol–water partition coefficient (Wildman–Crippen LogP) is 3.32. The molecule has 5 nitrogen and oxygen atoms in total. The highest BCUT2D eigenvalue weighted by Gasteiger charge is 2.14. The van der Waals surface area contributed by atoms with E-state index in [1.165, 1.54) is 19.3 Å². The molecule has 7 heteroatoms. The third-order valence-corrected chi connectivity index (χ3v) is 4.46. The van der Waals surface area contributed by atoms with Gasteiger partial charge in [-0.15, -0.1) is 0 Å². The van der Waals surface area contributed by atoms with E-state index < -0.39 is 23.4 Å². The van der Waals surface area contributed by atoms with E-state index in [2.05, 4.69) is 15.5 Å². The summed E-state index contributed by atoms with van der Waals surface area (Å²) in [7, 11) is 0. The summed E-state index contributed by atoms with van der Waals surface area (Å²) in [5.41, 5.74) is 1.42. The molecule has 0 aromatic heterocycles. The molecule has 2 aromatic rings. The van der Waals surface area contributed by atoms with E-state index in [-0.39, 0.29) is 12.1 Å². The Morgan fingerprint density at radius 2 is 1.67 bits per heavy atom. The average molecular weight is 373 g/mol. The van der Waals surface area contributed by atoms with Crippen LogP contribution in [0.5, 0.6) is 0 Å². The van der Waals surface area contributed by atoms with Crippen LogP contribution in [0.4, 0.5) is 20.2 Å².